The number of oxime groups is 1. The van der Waals surface area contributed by atoms with Crippen LogP contribution in [0, 0.1) is 10.1 Å². The third-order valence-corrected chi connectivity index (χ3v) is 3.92. The first-order chi connectivity index (χ1) is 14.0. The lowest BCUT2D eigenvalue weighted by atomic mass is 10.2. The summed E-state index contributed by atoms with van der Waals surface area (Å²) in [5.74, 6) is -1.54. The lowest BCUT2D eigenvalue weighted by Crippen LogP contribution is -2.30. The topological polar surface area (TPSA) is 156 Å². The van der Waals surface area contributed by atoms with Crippen LogP contribution < -0.4 is 5.73 Å². The van der Waals surface area contributed by atoms with Crippen molar-refractivity contribution < 1.29 is 28.8 Å². The maximum Gasteiger partial charge on any atom is 0.363 e. The number of nitro benzene ring substituents is 1. The summed E-state index contributed by atoms with van der Waals surface area (Å²) < 4.78 is 10.3. The lowest BCUT2D eigenvalue weighted by Gasteiger charge is -2.19. The van der Waals surface area contributed by atoms with Gasteiger partial charge in [0.05, 0.1) is 4.92 Å². The Labute approximate surface area is 175 Å². The van der Waals surface area contributed by atoms with E-state index in [4.69, 9.17) is 20.0 Å². The number of rotatable bonds is 8. The van der Waals surface area contributed by atoms with E-state index in [1.165, 1.54) is 29.6 Å². The van der Waals surface area contributed by atoms with Gasteiger partial charge in [0.15, 0.2) is 5.13 Å². The van der Waals surface area contributed by atoms with E-state index in [1.54, 1.807) is 20.8 Å². The molecule has 0 aliphatic carbocycles. The van der Waals surface area contributed by atoms with Gasteiger partial charge in [-0.1, -0.05) is 5.16 Å². The predicted molar refractivity (Wildman–Crippen MR) is 108 cm³/mol. The Morgan fingerprint density at radius 1 is 1.27 bits per heavy atom. The van der Waals surface area contributed by atoms with E-state index in [0.717, 1.165) is 11.3 Å². The maximum absolute atomic E-state index is 12.4. The average molecular weight is 436 g/mol. The molecule has 30 heavy (non-hydrogen) atoms. The van der Waals surface area contributed by atoms with E-state index in [2.05, 4.69) is 10.1 Å². The van der Waals surface area contributed by atoms with Crippen LogP contribution in [-0.2, 0) is 30.5 Å². The first-order valence-corrected chi connectivity index (χ1v) is 9.47. The summed E-state index contributed by atoms with van der Waals surface area (Å²) in [4.78, 5) is 43.2. The van der Waals surface area contributed by atoms with Crippen molar-refractivity contribution in [3.63, 3.8) is 0 Å². The van der Waals surface area contributed by atoms with Gasteiger partial charge in [0.25, 0.3) is 5.69 Å². The molecule has 0 radical (unpaired) electrons. The molecule has 160 valence electrons. The highest BCUT2D eigenvalue weighted by Gasteiger charge is 2.25. The number of carbonyl (C=O) groups is 2. The normalized spacial score (nSPS) is 11.6. The number of hydrogen-bond donors (Lipinski definition) is 1. The second-order valence-corrected chi connectivity index (χ2v) is 7.76. The fourth-order valence-corrected chi connectivity index (χ4v) is 2.53. The van der Waals surface area contributed by atoms with E-state index in [1.807, 2.05) is 0 Å². The van der Waals surface area contributed by atoms with Crippen molar-refractivity contribution in [1.82, 2.24) is 4.98 Å². The maximum atomic E-state index is 12.4. The van der Waals surface area contributed by atoms with Crippen LogP contribution in [0.5, 0.6) is 0 Å². The van der Waals surface area contributed by atoms with Crippen LogP contribution in [0.2, 0.25) is 0 Å². The molecule has 0 saturated heterocycles. The Morgan fingerprint density at radius 3 is 2.47 bits per heavy atom. The van der Waals surface area contributed by atoms with Crippen molar-refractivity contribution in [1.29, 1.82) is 0 Å². The molecule has 11 nitrogen and oxygen atoms in total. The van der Waals surface area contributed by atoms with Crippen LogP contribution in [0.4, 0.5) is 10.8 Å². The van der Waals surface area contributed by atoms with Crippen molar-refractivity contribution >= 4 is 39.8 Å². The fourth-order valence-electron chi connectivity index (χ4n) is 1.98. The molecular weight excluding hydrogens is 416 g/mol. The number of nitrogens with two attached hydrogens (primary N) is 1. The number of carbonyl (C=O) groups excluding carboxylic acids is 2. The molecule has 0 saturated carbocycles. The number of ether oxygens (including phenoxy) is 2. The van der Waals surface area contributed by atoms with Gasteiger partial charge in [-0.15, -0.1) is 11.3 Å². The molecule has 0 unspecified atom stereocenters. The second-order valence-electron chi connectivity index (χ2n) is 6.87. The summed E-state index contributed by atoms with van der Waals surface area (Å²) in [5.41, 5.74) is 5.23. The number of thiazole rings is 1. The molecule has 0 aliphatic rings. The monoisotopic (exact) mass is 436 g/mol. The van der Waals surface area contributed by atoms with Gasteiger partial charge in [-0.2, -0.15) is 0 Å². The highest BCUT2D eigenvalue weighted by atomic mass is 32.1. The molecule has 1 aromatic carbocycles. The van der Waals surface area contributed by atoms with Gasteiger partial charge in [-0.05, 0) is 38.5 Å². The summed E-state index contributed by atoms with van der Waals surface area (Å²) in [6.07, 6.45) is 0. The van der Waals surface area contributed by atoms with Crippen LogP contribution in [0.15, 0.2) is 34.8 Å². The van der Waals surface area contributed by atoms with Crippen LogP contribution in [-0.4, -0.2) is 39.8 Å². The largest absolute Gasteiger partial charge is 0.458 e. The van der Waals surface area contributed by atoms with Crippen LogP contribution in [0.25, 0.3) is 0 Å². The van der Waals surface area contributed by atoms with Crippen molar-refractivity contribution in [2.45, 2.75) is 33.0 Å². The summed E-state index contributed by atoms with van der Waals surface area (Å²) >= 11 is 1.11. The van der Waals surface area contributed by atoms with Gasteiger partial charge in [-0.3, -0.25) is 10.1 Å². The smallest absolute Gasteiger partial charge is 0.363 e. The number of nitrogen functional groups attached to an aromatic ring is 1. The number of benzene rings is 1. The first-order valence-electron chi connectivity index (χ1n) is 8.59. The number of hydrogen-bond acceptors (Lipinski definition) is 11. The summed E-state index contributed by atoms with van der Waals surface area (Å²) in [6.45, 7) is 4.39. The van der Waals surface area contributed by atoms with Crippen LogP contribution in [0.1, 0.15) is 32.0 Å². The molecule has 0 spiro atoms. The molecule has 2 N–H and O–H groups in total. The number of non-ortho nitro benzene ring substituents is 1. The van der Waals surface area contributed by atoms with E-state index >= 15 is 0 Å². The molecule has 12 heteroatoms. The third-order valence-electron chi connectivity index (χ3n) is 3.24. The Morgan fingerprint density at radius 2 is 1.93 bits per heavy atom. The fraction of sp³-hybridized carbons (Fsp3) is 0.333. The van der Waals surface area contributed by atoms with Gasteiger partial charge in [0.1, 0.15) is 17.9 Å². The molecule has 1 heterocycles. The van der Waals surface area contributed by atoms with E-state index in [-0.39, 0.29) is 28.8 Å². The zero-order valence-corrected chi connectivity index (χ0v) is 17.3. The average Bonchev–Trinajstić information content (AvgIpc) is 3.08. The van der Waals surface area contributed by atoms with E-state index < -0.39 is 29.1 Å². The molecule has 2 aromatic rings. The summed E-state index contributed by atoms with van der Waals surface area (Å²) in [7, 11) is 0. The van der Waals surface area contributed by atoms with E-state index in [0.29, 0.717) is 5.56 Å². The second kappa shape index (κ2) is 9.78. The molecule has 0 atom stereocenters. The molecule has 0 fully saturated rings. The number of aromatic nitrogens is 1. The molecule has 1 aromatic heterocycles. The van der Waals surface area contributed by atoms with Crippen molar-refractivity contribution in [2.24, 2.45) is 5.16 Å². The Bertz CT molecular complexity index is 948. The zero-order valence-electron chi connectivity index (χ0n) is 16.5. The summed E-state index contributed by atoms with van der Waals surface area (Å²) in [6, 6.07) is 5.54. The van der Waals surface area contributed by atoms with Gasteiger partial charge in [0.2, 0.25) is 12.3 Å². The molecule has 0 bridgehead atoms. The highest BCUT2D eigenvalue weighted by molar-refractivity contribution is 7.13. The van der Waals surface area contributed by atoms with Crippen molar-refractivity contribution in [3.05, 3.63) is 51.0 Å². The Balaban J connectivity index is 1.95. The van der Waals surface area contributed by atoms with Crippen molar-refractivity contribution in [2.75, 3.05) is 12.3 Å². The van der Waals surface area contributed by atoms with Crippen molar-refractivity contribution in [3.8, 4) is 0 Å². The SMILES string of the molecule is CC(C)(C)OC(=O)C(=NOCC(=O)OCc1ccc([N+](=O)[O-])cc1)c1csc(N)n1. The Hall–Kier alpha value is -3.54. The number of anilines is 1. The molecular formula is C18H20N4O7S. The van der Waals surface area contributed by atoms with Gasteiger partial charge in [0, 0.05) is 17.5 Å². The minimum Gasteiger partial charge on any atom is -0.458 e. The molecule has 0 aliphatic heterocycles. The van der Waals surface area contributed by atoms with Gasteiger partial charge >= 0.3 is 11.9 Å². The van der Waals surface area contributed by atoms with E-state index in [9.17, 15) is 19.7 Å². The highest BCUT2D eigenvalue weighted by Crippen LogP contribution is 2.16. The van der Waals surface area contributed by atoms with Gasteiger partial charge < -0.3 is 20.0 Å². The van der Waals surface area contributed by atoms with Crippen LogP contribution in [0.3, 0.4) is 0 Å². The quantitative estimate of drug-likeness (QED) is 0.284. The third kappa shape index (κ3) is 7.13. The predicted octanol–water partition coefficient (Wildman–Crippen LogP) is 2.44. The zero-order chi connectivity index (χ0) is 22.3. The standard InChI is InChI=1S/C18H20N4O7S/c1-18(2,3)29-16(24)15(13-10-30-17(19)20-13)21-28-9-14(23)27-8-11-4-6-12(7-5-11)22(25)26/h4-7,10H,8-9H2,1-3H3,(H2,19,20). The summed E-state index contributed by atoms with van der Waals surface area (Å²) in [5, 5.41) is 16.0. The Kier molecular flexibility index (Phi) is 7.42. The van der Waals surface area contributed by atoms with Crippen LogP contribution >= 0.6 is 11.3 Å². The lowest BCUT2D eigenvalue weighted by molar-refractivity contribution is -0.384. The molecule has 2 rings (SSSR count). The number of nitrogens with zero attached hydrogens (tertiary/aromatic N) is 3. The first kappa shape index (κ1) is 22.7. The van der Waals surface area contributed by atoms with Gasteiger partial charge in [-0.25, -0.2) is 14.6 Å². The minimum absolute atomic E-state index is 0.0694. The number of nitro groups is 1. The number of esters is 2. The minimum atomic E-state index is -0.785. The molecule has 0 amide bonds.